The van der Waals surface area contributed by atoms with Gasteiger partial charge in [0.1, 0.15) is 5.76 Å². The number of aliphatic hydroxyl groups is 1. The van der Waals surface area contributed by atoms with Crippen molar-refractivity contribution in [2.45, 2.75) is 46.1 Å². The van der Waals surface area contributed by atoms with Crippen LogP contribution in [0.4, 0.5) is 0 Å². The lowest BCUT2D eigenvalue weighted by atomic mass is 9.60. The van der Waals surface area contributed by atoms with E-state index in [1.54, 1.807) is 0 Å². The van der Waals surface area contributed by atoms with Gasteiger partial charge in [0.05, 0.1) is 17.7 Å². The van der Waals surface area contributed by atoms with Crippen molar-refractivity contribution in [1.82, 2.24) is 0 Å². The molecule has 2 rings (SSSR count). The number of hydrogen-bond acceptors (Lipinski definition) is 3. The normalized spacial score (nSPS) is 37.8. The third-order valence-electron chi connectivity index (χ3n) is 4.08. The van der Waals surface area contributed by atoms with Crippen molar-refractivity contribution in [3.8, 4) is 6.07 Å². The van der Waals surface area contributed by atoms with Gasteiger partial charge in [-0.3, -0.25) is 0 Å². The van der Waals surface area contributed by atoms with Crippen molar-refractivity contribution in [3.05, 3.63) is 11.3 Å². The number of ether oxygens (including phenoxy) is 1. The third-order valence-corrected chi connectivity index (χ3v) is 4.08. The Hall–Kier alpha value is -1.01. The van der Waals surface area contributed by atoms with Gasteiger partial charge in [-0.05, 0) is 24.7 Å². The molecule has 0 spiro atoms. The van der Waals surface area contributed by atoms with Crippen LogP contribution in [0.25, 0.3) is 0 Å². The minimum absolute atomic E-state index is 0.000949. The van der Waals surface area contributed by atoms with E-state index in [4.69, 9.17) is 10.00 Å². The Balaban J connectivity index is 2.48. The van der Waals surface area contributed by atoms with Crippen LogP contribution in [0.2, 0.25) is 0 Å². The molecule has 1 saturated heterocycles. The van der Waals surface area contributed by atoms with Gasteiger partial charge < -0.3 is 9.84 Å². The van der Waals surface area contributed by atoms with E-state index in [2.05, 4.69) is 13.0 Å². The molecule has 2 atom stereocenters. The summed E-state index contributed by atoms with van der Waals surface area (Å²) in [7, 11) is 0. The summed E-state index contributed by atoms with van der Waals surface area (Å²) in [6, 6.07) is 2.14. The zero-order chi connectivity index (χ0) is 12.0. The van der Waals surface area contributed by atoms with Gasteiger partial charge in [-0.15, -0.1) is 0 Å². The summed E-state index contributed by atoms with van der Waals surface area (Å²) < 4.78 is 5.86. The number of rotatable bonds is 0. The molecule has 0 bridgehead atoms. The highest BCUT2D eigenvalue weighted by molar-refractivity contribution is 5.34. The van der Waals surface area contributed by atoms with Crippen LogP contribution in [0.15, 0.2) is 11.3 Å². The summed E-state index contributed by atoms with van der Waals surface area (Å²) in [6.45, 7) is 6.86. The number of nitriles is 1. The fourth-order valence-electron chi connectivity index (χ4n) is 3.36. The summed E-state index contributed by atoms with van der Waals surface area (Å²) in [4.78, 5) is 0. The molecule has 1 N–H and O–H groups in total. The van der Waals surface area contributed by atoms with Crippen molar-refractivity contribution in [1.29, 1.82) is 5.26 Å². The van der Waals surface area contributed by atoms with Gasteiger partial charge in [0.2, 0.25) is 0 Å². The molecule has 0 amide bonds. The largest absolute Gasteiger partial charge is 0.511 e. The van der Waals surface area contributed by atoms with E-state index in [1.165, 1.54) is 0 Å². The van der Waals surface area contributed by atoms with Crippen LogP contribution in [0.3, 0.4) is 0 Å². The zero-order valence-electron chi connectivity index (χ0n) is 10.2. The molecular weight excluding hydrogens is 202 g/mol. The average Bonchev–Trinajstić information content (AvgIpc) is 2.24. The Morgan fingerprint density at radius 2 is 2.12 bits per heavy atom. The molecule has 0 aromatic heterocycles. The quantitative estimate of drug-likeness (QED) is 0.684. The molecule has 0 saturated carbocycles. The van der Waals surface area contributed by atoms with E-state index in [0.29, 0.717) is 12.0 Å². The van der Waals surface area contributed by atoms with Crippen LogP contribution in [0.5, 0.6) is 0 Å². The Bertz CT molecular complexity index is 378. The maximum atomic E-state index is 10.1. The first-order chi connectivity index (χ1) is 7.42. The number of aliphatic hydroxyl groups excluding tert-OH is 1. The van der Waals surface area contributed by atoms with Crippen LogP contribution < -0.4 is 0 Å². The molecule has 1 aliphatic carbocycles. The molecule has 88 valence electrons. The Morgan fingerprint density at radius 3 is 2.75 bits per heavy atom. The average molecular weight is 221 g/mol. The maximum absolute atomic E-state index is 10.1. The number of nitrogens with zero attached hydrogens (tertiary/aromatic N) is 1. The van der Waals surface area contributed by atoms with E-state index >= 15 is 0 Å². The number of fused-ring (bicyclic) bond motifs is 1. The molecule has 0 aromatic carbocycles. The zero-order valence-corrected chi connectivity index (χ0v) is 10.2. The molecule has 16 heavy (non-hydrogen) atoms. The van der Waals surface area contributed by atoms with Gasteiger partial charge in [0, 0.05) is 12.0 Å². The Kier molecular flexibility index (Phi) is 2.51. The fraction of sp³-hybridized carbons (Fsp3) is 0.769. The van der Waals surface area contributed by atoms with Crippen molar-refractivity contribution < 1.29 is 9.84 Å². The molecule has 1 heterocycles. The molecular formula is C13H19NO2. The monoisotopic (exact) mass is 221 g/mol. The van der Waals surface area contributed by atoms with Gasteiger partial charge in [-0.1, -0.05) is 20.8 Å². The molecule has 0 radical (unpaired) electrons. The molecule has 2 unspecified atom stereocenters. The smallest absolute Gasteiger partial charge is 0.114 e. The number of hydrogen-bond donors (Lipinski definition) is 1. The van der Waals surface area contributed by atoms with Crippen molar-refractivity contribution in [2.75, 3.05) is 6.61 Å². The van der Waals surface area contributed by atoms with Crippen LogP contribution in [0, 0.1) is 22.2 Å². The Labute approximate surface area is 96.7 Å². The standard InChI is InChI=1S/C13H19NO2/c1-12(2)10(15)9(8-14)7-13(3)5-4-6-16-11(12)13/h11,15H,4-7H2,1-3H3. The molecule has 3 heteroatoms. The van der Waals surface area contributed by atoms with E-state index in [0.717, 1.165) is 19.4 Å². The second kappa shape index (κ2) is 3.49. The van der Waals surface area contributed by atoms with Crippen LogP contribution >= 0.6 is 0 Å². The topological polar surface area (TPSA) is 53.2 Å². The molecule has 1 aliphatic heterocycles. The van der Waals surface area contributed by atoms with Gasteiger partial charge in [0.25, 0.3) is 0 Å². The van der Waals surface area contributed by atoms with Crippen LogP contribution in [-0.2, 0) is 4.74 Å². The van der Waals surface area contributed by atoms with Gasteiger partial charge in [-0.2, -0.15) is 5.26 Å². The first-order valence-electron chi connectivity index (χ1n) is 5.86. The lowest BCUT2D eigenvalue weighted by Gasteiger charge is -2.51. The van der Waals surface area contributed by atoms with Crippen LogP contribution in [-0.4, -0.2) is 17.8 Å². The predicted octanol–water partition coefficient (Wildman–Crippen LogP) is 2.94. The Morgan fingerprint density at radius 1 is 1.44 bits per heavy atom. The first kappa shape index (κ1) is 11.5. The summed E-state index contributed by atoms with van der Waals surface area (Å²) in [5.41, 5.74) is 0.0894. The molecule has 3 nitrogen and oxygen atoms in total. The summed E-state index contributed by atoms with van der Waals surface area (Å²) in [6.07, 6.45) is 2.77. The number of allylic oxidation sites excluding steroid dienone is 1. The summed E-state index contributed by atoms with van der Waals surface area (Å²) in [5.74, 6) is 0.222. The van der Waals surface area contributed by atoms with Crippen molar-refractivity contribution in [3.63, 3.8) is 0 Å². The first-order valence-corrected chi connectivity index (χ1v) is 5.86. The highest BCUT2D eigenvalue weighted by atomic mass is 16.5. The fourth-order valence-corrected chi connectivity index (χ4v) is 3.36. The van der Waals surface area contributed by atoms with Crippen molar-refractivity contribution >= 4 is 0 Å². The van der Waals surface area contributed by atoms with E-state index < -0.39 is 5.41 Å². The van der Waals surface area contributed by atoms with E-state index in [-0.39, 0.29) is 17.3 Å². The van der Waals surface area contributed by atoms with E-state index in [1.807, 2.05) is 13.8 Å². The predicted molar refractivity (Wildman–Crippen MR) is 60.7 cm³/mol. The SMILES string of the molecule is CC12CCCOC1C(C)(C)C(O)=C(C#N)C2. The van der Waals surface area contributed by atoms with Crippen LogP contribution in [0.1, 0.15) is 40.0 Å². The molecule has 1 fully saturated rings. The maximum Gasteiger partial charge on any atom is 0.114 e. The summed E-state index contributed by atoms with van der Waals surface area (Å²) >= 11 is 0. The van der Waals surface area contributed by atoms with Gasteiger partial charge >= 0.3 is 0 Å². The minimum atomic E-state index is -0.446. The van der Waals surface area contributed by atoms with Gasteiger partial charge in [-0.25, -0.2) is 0 Å². The minimum Gasteiger partial charge on any atom is -0.511 e. The van der Waals surface area contributed by atoms with Gasteiger partial charge in [0.15, 0.2) is 0 Å². The lowest BCUT2D eigenvalue weighted by Crippen LogP contribution is -2.52. The lowest BCUT2D eigenvalue weighted by molar-refractivity contribution is -0.140. The molecule has 2 aliphatic rings. The second-order valence-corrected chi connectivity index (χ2v) is 5.85. The van der Waals surface area contributed by atoms with E-state index in [9.17, 15) is 5.11 Å². The van der Waals surface area contributed by atoms with Crippen molar-refractivity contribution in [2.24, 2.45) is 10.8 Å². The third kappa shape index (κ3) is 1.44. The highest BCUT2D eigenvalue weighted by Gasteiger charge is 2.52. The molecule has 0 aromatic rings. The second-order valence-electron chi connectivity index (χ2n) is 5.85. The summed E-state index contributed by atoms with van der Waals surface area (Å²) in [5, 5.41) is 19.2. The highest BCUT2D eigenvalue weighted by Crippen LogP contribution is 2.53.